The summed E-state index contributed by atoms with van der Waals surface area (Å²) in [6.45, 7) is 2.35. The lowest BCUT2D eigenvalue weighted by atomic mass is 10.2. The third-order valence-corrected chi connectivity index (χ3v) is 5.60. The van der Waals surface area contributed by atoms with Gasteiger partial charge in [-0.25, -0.2) is 8.42 Å². The zero-order valence-electron chi connectivity index (χ0n) is 16.6. The molecule has 156 valence electrons. The molecule has 7 nitrogen and oxygen atoms in total. The fraction of sp³-hybridized carbons (Fsp3) is 0.136. The predicted octanol–water partition coefficient (Wildman–Crippen LogP) is 4.15. The molecule has 0 fully saturated rings. The summed E-state index contributed by atoms with van der Waals surface area (Å²) >= 11 is 0. The second kappa shape index (κ2) is 9.32. The molecule has 0 spiro atoms. The van der Waals surface area contributed by atoms with Crippen molar-refractivity contribution in [3.05, 3.63) is 78.4 Å². The predicted molar refractivity (Wildman–Crippen MR) is 116 cm³/mol. The molecule has 0 radical (unpaired) electrons. The van der Waals surface area contributed by atoms with Gasteiger partial charge in [0.25, 0.3) is 15.9 Å². The highest BCUT2D eigenvalue weighted by Gasteiger charge is 2.15. The number of sulfonamides is 1. The van der Waals surface area contributed by atoms with Crippen LogP contribution in [-0.2, 0) is 10.0 Å². The third kappa shape index (κ3) is 5.09. The van der Waals surface area contributed by atoms with Gasteiger partial charge in [0, 0.05) is 11.3 Å². The van der Waals surface area contributed by atoms with E-state index < -0.39 is 10.0 Å². The van der Waals surface area contributed by atoms with Crippen LogP contribution in [0.1, 0.15) is 17.3 Å². The first-order valence-corrected chi connectivity index (χ1v) is 10.7. The van der Waals surface area contributed by atoms with Crippen LogP contribution in [0.5, 0.6) is 11.5 Å². The van der Waals surface area contributed by atoms with Gasteiger partial charge in [0.1, 0.15) is 11.5 Å². The summed E-state index contributed by atoms with van der Waals surface area (Å²) in [6, 6.07) is 19.4. The highest BCUT2D eigenvalue weighted by atomic mass is 32.2. The van der Waals surface area contributed by atoms with Crippen LogP contribution in [0.4, 0.5) is 11.4 Å². The third-order valence-electron chi connectivity index (χ3n) is 4.20. The van der Waals surface area contributed by atoms with E-state index in [2.05, 4.69) is 10.0 Å². The first-order valence-electron chi connectivity index (χ1n) is 9.23. The highest BCUT2D eigenvalue weighted by Crippen LogP contribution is 2.24. The van der Waals surface area contributed by atoms with E-state index in [1.807, 2.05) is 6.92 Å². The summed E-state index contributed by atoms with van der Waals surface area (Å²) in [5, 5.41) is 2.77. The first-order chi connectivity index (χ1) is 14.4. The molecule has 3 aromatic rings. The van der Waals surface area contributed by atoms with Gasteiger partial charge in [0.05, 0.1) is 24.3 Å². The molecule has 0 aliphatic heterocycles. The molecule has 8 heteroatoms. The number of carbonyl (C=O) groups excluding carboxylic acids is 1. The Hall–Kier alpha value is -3.52. The van der Waals surface area contributed by atoms with Crippen LogP contribution >= 0.6 is 0 Å². The van der Waals surface area contributed by atoms with Gasteiger partial charge in [0.2, 0.25) is 0 Å². The van der Waals surface area contributed by atoms with E-state index in [9.17, 15) is 13.2 Å². The zero-order valence-corrected chi connectivity index (χ0v) is 17.4. The van der Waals surface area contributed by atoms with Crippen LogP contribution in [0, 0.1) is 0 Å². The van der Waals surface area contributed by atoms with Crippen molar-refractivity contribution in [3.63, 3.8) is 0 Å². The number of ether oxygens (including phenoxy) is 2. The smallest absolute Gasteiger partial charge is 0.261 e. The summed E-state index contributed by atoms with van der Waals surface area (Å²) in [7, 11) is -2.23. The van der Waals surface area contributed by atoms with Crippen molar-refractivity contribution in [2.24, 2.45) is 0 Å². The van der Waals surface area contributed by atoms with E-state index >= 15 is 0 Å². The van der Waals surface area contributed by atoms with E-state index in [0.29, 0.717) is 35.0 Å². The Morgan fingerprint density at radius 3 is 2.23 bits per heavy atom. The average Bonchev–Trinajstić information content (AvgIpc) is 2.75. The largest absolute Gasteiger partial charge is 0.495 e. The molecule has 30 heavy (non-hydrogen) atoms. The highest BCUT2D eigenvalue weighted by molar-refractivity contribution is 7.92. The van der Waals surface area contributed by atoms with Crippen LogP contribution < -0.4 is 19.5 Å². The Bertz CT molecular complexity index is 1110. The topological polar surface area (TPSA) is 93.7 Å². The van der Waals surface area contributed by atoms with Gasteiger partial charge in [-0.1, -0.05) is 12.1 Å². The number of rotatable bonds is 8. The number of hydrogen-bond donors (Lipinski definition) is 2. The molecule has 3 aromatic carbocycles. The molecular formula is C22H22N2O5S. The number of benzene rings is 3. The molecule has 0 atom stereocenters. The Morgan fingerprint density at radius 1 is 0.933 bits per heavy atom. The van der Waals surface area contributed by atoms with Crippen LogP contribution in [0.15, 0.2) is 77.7 Å². The number of amides is 1. The summed E-state index contributed by atoms with van der Waals surface area (Å²) in [6.07, 6.45) is 0. The van der Waals surface area contributed by atoms with Crippen molar-refractivity contribution >= 4 is 27.3 Å². The first kappa shape index (κ1) is 21.2. The number of methoxy groups -OCH3 is 1. The summed E-state index contributed by atoms with van der Waals surface area (Å²) < 4.78 is 38.2. The van der Waals surface area contributed by atoms with Crippen LogP contribution in [0.25, 0.3) is 0 Å². The van der Waals surface area contributed by atoms with Gasteiger partial charge in [-0.2, -0.15) is 0 Å². The number of para-hydroxylation sites is 2. The Labute approximate surface area is 175 Å². The fourth-order valence-corrected chi connectivity index (χ4v) is 3.79. The molecule has 0 bridgehead atoms. The minimum Gasteiger partial charge on any atom is -0.495 e. The van der Waals surface area contributed by atoms with E-state index in [-0.39, 0.29) is 10.8 Å². The second-order valence-corrected chi connectivity index (χ2v) is 7.92. The maximum atomic E-state index is 12.6. The number of carbonyl (C=O) groups is 1. The summed E-state index contributed by atoms with van der Waals surface area (Å²) in [5.41, 5.74) is 1.27. The van der Waals surface area contributed by atoms with Crippen LogP contribution in [0.2, 0.25) is 0 Å². The number of nitrogens with one attached hydrogen (secondary N) is 2. The van der Waals surface area contributed by atoms with Crippen molar-refractivity contribution in [2.45, 2.75) is 11.8 Å². The van der Waals surface area contributed by atoms with Crippen molar-refractivity contribution in [1.82, 2.24) is 0 Å². The van der Waals surface area contributed by atoms with E-state index in [1.54, 1.807) is 48.5 Å². The molecule has 0 aliphatic rings. The second-order valence-electron chi connectivity index (χ2n) is 6.24. The van der Waals surface area contributed by atoms with Gasteiger partial charge < -0.3 is 14.8 Å². The molecular weight excluding hydrogens is 404 g/mol. The van der Waals surface area contributed by atoms with Crippen molar-refractivity contribution in [2.75, 3.05) is 23.8 Å². The van der Waals surface area contributed by atoms with E-state index in [1.165, 1.54) is 31.4 Å². The van der Waals surface area contributed by atoms with Crippen LogP contribution in [-0.4, -0.2) is 28.0 Å². The van der Waals surface area contributed by atoms with Gasteiger partial charge in [-0.15, -0.1) is 0 Å². The van der Waals surface area contributed by atoms with Gasteiger partial charge in [0.15, 0.2) is 0 Å². The van der Waals surface area contributed by atoms with Crippen molar-refractivity contribution in [3.8, 4) is 11.5 Å². The van der Waals surface area contributed by atoms with E-state index in [4.69, 9.17) is 9.47 Å². The minimum atomic E-state index is -3.76. The SMILES string of the molecule is CCOc1ccc(S(=O)(=O)Nc2ccc(C(=O)Nc3ccccc3OC)cc2)cc1. The van der Waals surface area contributed by atoms with Gasteiger partial charge >= 0.3 is 0 Å². The van der Waals surface area contributed by atoms with Gasteiger partial charge in [-0.3, -0.25) is 9.52 Å². The zero-order chi connectivity index (χ0) is 21.6. The molecule has 0 saturated carbocycles. The van der Waals surface area contributed by atoms with Crippen molar-refractivity contribution in [1.29, 1.82) is 0 Å². The fourth-order valence-electron chi connectivity index (χ4n) is 2.73. The molecule has 0 saturated heterocycles. The average molecular weight is 426 g/mol. The Kier molecular flexibility index (Phi) is 6.58. The molecule has 0 unspecified atom stereocenters. The number of hydrogen-bond acceptors (Lipinski definition) is 5. The molecule has 1 amide bonds. The molecule has 3 rings (SSSR count). The monoisotopic (exact) mass is 426 g/mol. The molecule has 0 heterocycles. The van der Waals surface area contributed by atoms with E-state index in [0.717, 1.165) is 0 Å². The summed E-state index contributed by atoms with van der Waals surface area (Å²) in [5.74, 6) is 0.813. The molecule has 0 aromatic heterocycles. The van der Waals surface area contributed by atoms with Gasteiger partial charge in [-0.05, 0) is 67.6 Å². The summed E-state index contributed by atoms with van der Waals surface area (Å²) in [4.78, 5) is 12.6. The molecule has 0 aliphatic carbocycles. The quantitative estimate of drug-likeness (QED) is 0.564. The van der Waals surface area contributed by atoms with Crippen molar-refractivity contribution < 1.29 is 22.7 Å². The lowest BCUT2D eigenvalue weighted by molar-refractivity contribution is 0.102. The lowest BCUT2D eigenvalue weighted by Gasteiger charge is -2.11. The Morgan fingerprint density at radius 2 is 1.60 bits per heavy atom. The molecule has 2 N–H and O–H groups in total. The number of anilines is 2. The maximum Gasteiger partial charge on any atom is 0.261 e. The lowest BCUT2D eigenvalue weighted by Crippen LogP contribution is -2.14. The standard InChI is InChI=1S/C22H22N2O5S/c1-3-29-18-12-14-19(15-13-18)30(26,27)24-17-10-8-16(9-11-17)22(25)23-20-6-4-5-7-21(20)28-2/h4-15,24H,3H2,1-2H3,(H,23,25). The van der Waals surface area contributed by atoms with Crippen LogP contribution in [0.3, 0.4) is 0 Å². The Balaban J connectivity index is 1.69. The minimum absolute atomic E-state index is 0.115. The normalized spacial score (nSPS) is 10.9. The maximum absolute atomic E-state index is 12.6.